The second kappa shape index (κ2) is 10.8. The predicted octanol–water partition coefficient (Wildman–Crippen LogP) is 2.87. The lowest BCUT2D eigenvalue weighted by atomic mass is 10.1. The number of fused-ring (bicyclic) bond motifs is 1. The third-order valence-corrected chi connectivity index (χ3v) is 5.37. The minimum Gasteiger partial charge on any atom is -0.489 e. The number of carbonyl (C=O) groups excluding carboxylic acids is 4. The highest BCUT2D eigenvalue weighted by molar-refractivity contribution is 6.01. The van der Waals surface area contributed by atoms with Gasteiger partial charge in [-0.2, -0.15) is 0 Å². The first-order valence-electron chi connectivity index (χ1n) is 10.8. The van der Waals surface area contributed by atoms with E-state index in [1.54, 1.807) is 42.5 Å². The number of carbonyl (C=O) groups is 4. The molecule has 33 heavy (non-hydrogen) atoms. The molecular formula is C25H28N2O6. The maximum atomic E-state index is 13.0. The normalized spacial score (nSPS) is 13.5. The summed E-state index contributed by atoms with van der Waals surface area (Å²) >= 11 is 0. The Labute approximate surface area is 192 Å². The van der Waals surface area contributed by atoms with Crippen molar-refractivity contribution in [2.75, 3.05) is 6.61 Å². The lowest BCUT2D eigenvalue weighted by molar-refractivity contribution is -0.145. The topological polar surface area (TPSA) is 116 Å². The van der Waals surface area contributed by atoms with Crippen molar-refractivity contribution >= 4 is 24.1 Å². The van der Waals surface area contributed by atoms with Gasteiger partial charge >= 0.3 is 5.97 Å². The molecule has 0 aromatic heterocycles. The monoisotopic (exact) mass is 452 g/mol. The first-order chi connectivity index (χ1) is 15.8. The SMILES string of the molecule is CC(C)COC(=O)CC[C@@H](C(N)=O)N1Cc2c(OCc3ccc(C=O)cc3)cccc2C1=O. The molecule has 0 fully saturated rings. The number of nitrogens with two attached hydrogens (primary N) is 1. The fourth-order valence-corrected chi connectivity index (χ4v) is 3.60. The van der Waals surface area contributed by atoms with Crippen LogP contribution < -0.4 is 10.5 Å². The first-order valence-corrected chi connectivity index (χ1v) is 10.8. The van der Waals surface area contributed by atoms with E-state index in [1.807, 2.05) is 13.8 Å². The molecule has 0 saturated carbocycles. The van der Waals surface area contributed by atoms with Gasteiger partial charge in [-0.1, -0.05) is 44.2 Å². The maximum absolute atomic E-state index is 13.0. The summed E-state index contributed by atoms with van der Waals surface area (Å²) in [5.41, 5.74) is 8.13. The molecule has 1 aliphatic heterocycles. The Morgan fingerprint density at radius 3 is 2.52 bits per heavy atom. The molecule has 0 unspecified atom stereocenters. The van der Waals surface area contributed by atoms with E-state index in [-0.39, 0.29) is 37.8 Å². The van der Waals surface area contributed by atoms with Gasteiger partial charge in [0.15, 0.2) is 0 Å². The first kappa shape index (κ1) is 24.0. The second-order valence-electron chi connectivity index (χ2n) is 8.40. The molecule has 1 atom stereocenters. The van der Waals surface area contributed by atoms with Gasteiger partial charge in [0.25, 0.3) is 5.91 Å². The number of ether oxygens (including phenoxy) is 2. The average molecular weight is 453 g/mol. The van der Waals surface area contributed by atoms with E-state index in [0.29, 0.717) is 29.0 Å². The molecule has 1 aliphatic rings. The van der Waals surface area contributed by atoms with Crippen LogP contribution in [0, 0.1) is 5.92 Å². The Kier molecular flexibility index (Phi) is 7.82. The van der Waals surface area contributed by atoms with Crippen LogP contribution in [0.25, 0.3) is 0 Å². The van der Waals surface area contributed by atoms with Gasteiger partial charge in [0.1, 0.15) is 24.7 Å². The molecule has 8 nitrogen and oxygen atoms in total. The average Bonchev–Trinajstić information content (AvgIpc) is 3.13. The number of rotatable bonds is 11. The number of primary amides is 1. The predicted molar refractivity (Wildman–Crippen MR) is 120 cm³/mol. The van der Waals surface area contributed by atoms with Crippen LogP contribution in [0.2, 0.25) is 0 Å². The number of hydrogen-bond donors (Lipinski definition) is 1. The molecule has 2 aromatic carbocycles. The lowest BCUT2D eigenvalue weighted by Gasteiger charge is -2.25. The molecule has 1 heterocycles. The van der Waals surface area contributed by atoms with E-state index in [0.717, 1.165) is 11.8 Å². The van der Waals surface area contributed by atoms with Crippen molar-refractivity contribution in [3.63, 3.8) is 0 Å². The zero-order valence-corrected chi connectivity index (χ0v) is 18.8. The van der Waals surface area contributed by atoms with Crippen molar-refractivity contribution in [2.45, 2.75) is 45.9 Å². The molecule has 174 valence electrons. The van der Waals surface area contributed by atoms with Crippen LogP contribution in [0.15, 0.2) is 42.5 Å². The van der Waals surface area contributed by atoms with Crippen molar-refractivity contribution < 1.29 is 28.7 Å². The summed E-state index contributed by atoms with van der Waals surface area (Å²) in [5, 5.41) is 0. The van der Waals surface area contributed by atoms with Crippen LogP contribution in [-0.2, 0) is 27.5 Å². The lowest BCUT2D eigenvalue weighted by Crippen LogP contribution is -2.45. The highest BCUT2D eigenvalue weighted by Crippen LogP contribution is 2.33. The molecular weight excluding hydrogens is 424 g/mol. The molecule has 2 amide bonds. The molecule has 3 rings (SSSR count). The molecule has 0 radical (unpaired) electrons. The molecule has 8 heteroatoms. The third-order valence-electron chi connectivity index (χ3n) is 5.37. The van der Waals surface area contributed by atoms with Crippen LogP contribution in [-0.4, -0.2) is 41.6 Å². The molecule has 2 aromatic rings. The Bertz CT molecular complexity index is 1030. The van der Waals surface area contributed by atoms with E-state index in [4.69, 9.17) is 15.2 Å². The van der Waals surface area contributed by atoms with Crippen LogP contribution in [0.4, 0.5) is 0 Å². The smallest absolute Gasteiger partial charge is 0.305 e. The highest BCUT2D eigenvalue weighted by Gasteiger charge is 2.37. The zero-order chi connectivity index (χ0) is 24.0. The summed E-state index contributed by atoms with van der Waals surface area (Å²) in [7, 11) is 0. The number of nitrogens with zero attached hydrogens (tertiary/aromatic N) is 1. The van der Waals surface area contributed by atoms with Crippen molar-refractivity contribution in [3.05, 3.63) is 64.7 Å². The van der Waals surface area contributed by atoms with Gasteiger partial charge in [-0.05, 0) is 30.0 Å². The minimum absolute atomic E-state index is 0.0133. The number of aldehydes is 1. The van der Waals surface area contributed by atoms with E-state index in [2.05, 4.69) is 0 Å². The van der Waals surface area contributed by atoms with Crippen molar-refractivity contribution in [1.82, 2.24) is 4.90 Å². The molecule has 0 bridgehead atoms. The van der Waals surface area contributed by atoms with Gasteiger partial charge < -0.3 is 20.1 Å². The summed E-state index contributed by atoms with van der Waals surface area (Å²) < 4.78 is 11.1. The van der Waals surface area contributed by atoms with Crippen molar-refractivity contribution in [1.29, 1.82) is 0 Å². The van der Waals surface area contributed by atoms with Crippen molar-refractivity contribution in [2.24, 2.45) is 11.7 Å². The Hall–Kier alpha value is -3.68. The number of benzene rings is 2. The van der Waals surface area contributed by atoms with Crippen molar-refractivity contribution in [3.8, 4) is 5.75 Å². The quantitative estimate of drug-likeness (QED) is 0.414. The van der Waals surface area contributed by atoms with Gasteiger partial charge in [-0.3, -0.25) is 19.2 Å². The van der Waals surface area contributed by atoms with E-state index < -0.39 is 17.9 Å². The Balaban J connectivity index is 1.69. The highest BCUT2D eigenvalue weighted by atomic mass is 16.5. The van der Waals surface area contributed by atoms with Crippen LogP contribution >= 0.6 is 0 Å². The summed E-state index contributed by atoms with van der Waals surface area (Å²) in [4.78, 5) is 49.3. The van der Waals surface area contributed by atoms with Gasteiger partial charge in [0.2, 0.25) is 5.91 Å². The standard InChI is InChI=1S/C25H28N2O6/c1-16(2)14-33-23(29)11-10-21(24(26)30)27-12-20-19(25(27)31)4-3-5-22(20)32-15-18-8-6-17(13-28)7-9-18/h3-9,13,16,21H,10-12,14-15H2,1-2H3,(H2,26,30)/t21-/m0/s1. The third kappa shape index (κ3) is 5.97. The number of amides is 2. The zero-order valence-electron chi connectivity index (χ0n) is 18.8. The van der Waals surface area contributed by atoms with Crippen LogP contribution in [0.5, 0.6) is 5.75 Å². The van der Waals surface area contributed by atoms with E-state index >= 15 is 0 Å². The molecule has 2 N–H and O–H groups in total. The fraction of sp³-hybridized carbons (Fsp3) is 0.360. The van der Waals surface area contributed by atoms with Gasteiger partial charge in [0, 0.05) is 23.1 Å². The van der Waals surface area contributed by atoms with E-state index in [1.165, 1.54) is 4.90 Å². The summed E-state index contributed by atoms with van der Waals surface area (Å²) in [6, 6.07) is 11.2. The Morgan fingerprint density at radius 1 is 1.15 bits per heavy atom. The largest absolute Gasteiger partial charge is 0.489 e. The van der Waals surface area contributed by atoms with Crippen LogP contribution in [0.3, 0.4) is 0 Å². The molecule has 0 saturated heterocycles. The minimum atomic E-state index is -0.930. The fourth-order valence-electron chi connectivity index (χ4n) is 3.60. The number of hydrogen-bond acceptors (Lipinski definition) is 6. The molecule has 0 spiro atoms. The maximum Gasteiger partial charge on any atom is 0.305 e. The number of esters is 1. The van der Waals surface area contributed by atoms with Gasteiger partial charge in [-0.25, -0.2) is 0 Å². The van der Waals surface area contributed by atoms with Gasteiger partial charge in [0.05, 0.1) is 13.2 Å². The van der Waals surface area contributed by atoms with Crippen LogP contribution in [0.1, 0.15) is 58.5 Å². The molecule has 0 aliphatic carbocycles. The summed E-state index contributed by atoms with van der Waals surface area (Å²) in [6.45, 7) is 4.57. The summed E-state index contributed by atoms with van der Waals surface area (Å²) in [5.74, 6) is -0.696. The van der Waals surface area contributed by atoms with Gasteiger partial charge in [-0.15, -0.1) is 0 Å². The summed E-state index contributed by atoms with van der Waals surface area (Å²) in [6.07, 6.45) is 0.847. The van der Waals surface area contributed by atoms with E-state index in [9.17, 15) is 19.2 Å². The Morgan fingerprint density at radius 2 is 1.88 bits per heavy atom. The second-order valence-corrected chi connectivity index (χ2v) is 8.40.